The summed E-state index contributed by atoms with van der Waals surface area (Å²) < 4.78 is 10.9. The van der Waals surface area contributed by atoms with Crippen LogP contribution in [-0.4, -0.2) is 30.6 Å². The third kappa shape index (κ3) is 5.99. The SMILES string of the molecule is CCCCCCOc1cc(/C=C/C(=O)C(=O)O)ccc1OC. The molecule has 1 N–H and O–H groups in total. The van der Waals surface area contributed by atoms with Crippen LogP contribution >= 0.6 is 0 Å². The minimum absolute atomic E-state index is 0.587. The van der Waals surface area contributed by atoms with E-state index in [-0.39, 0.29) is 0 Å². The van der Waals surface area contributed by atoms with Crippen LogP contribution < -0.4 is 9.47 Å². The number of carbonyl (C=O) groups is 2. The number of carbonyl (C=O) groups excluding carboxylic acids is 1. The standard InChI is InChI=1S/C17H22O5/c1-3-4-5-6-11-22-16-12-13(8-10-15(16)21-2)7-9-14(18)17(19)20/h7-10,12H,3-6,11H2,1-2H3,(H,19,20)/b9-7+. The topological polar surface area (TPSA) is 72.8 Å². The summed E-state index contributed by atoms with van der Waals surface area (Å²) in [6, 6.07) is 5.19. The summed E-state index contributed by atoms with van der Waals surface area (Å²) in [5.74, 6) is -1.24. The third-order valence-corrected chi connectivity index (χ3v) is 3.08. The summed E-state index contributed by atoms with van der Waals surface area (Å²) in [5, 5.41) is 8.54. The van der Waals surface area contributed by atoms with Gasteiger partial charge in [0.05, 0.1) is 13.7 Å². The Balaban J connectivity index is 2.71. The Labute approximate surface area is 130 Å². The van der Waals surface area contributed by atoms with E-state index in [4.69, 9.17) is 14.6 Å². The van der Waals surface area contributed by atoms with E-state index in [9.17, 15) is 9.59 Å². The van der Waals surface area contributed by atoms with Gasteiger partial charge in [-0.2, -0.15) is 0 Å². The lowest BCUT2D eigenvalue weighted by Crippen LogP contribution is -2.08. The molecular formula is C17H22O5. The first-order valence-corrected chi connectivity index (χ1v) is 7.34. The highest BCUT2D eigenvalue weighted by Crippen LogP contribution is 2.28. The van der Waals surface area contributed by atoms with E-state index in [1.807, 2.05) is 0 Å². The molecule has 5 nitrogen and oxygen atoms in total. The number of rotatable bonds is 10. The summed E-state index contributed by atoms with van der Waals surface area (Å²) in [7, 11) is 1.56. The molecule has 0 aliphatic heterocycles. The predicted molar refractivity (Wildman–Crippen MR) is 84.3 cm³/mol. The van der Waals surface area contributed by atoms with Gasteiger partial charge in [-0.25, -0.2) is 4.79 Å². The molecule has 0 saturated heterocycles. The number of ketones is 1. The van der Waals surface area contributed by atoms with Gasteiger partial charge in [0.1, 0.15) is 0 Å². The molecule has 0 saturated carbocycles. The molecule has 0 aliphatic rings. The van der Waals surface area contributed by atoms with E-state index in [2.05, 4.69) is 6.92 Å². The van der Waals surface area contributed by atoms with E-state index >= 15 is 0 Å². The quantitative estimate of drug-likeness (QED) is 0.408. The molecule has 1 aromatic rings. The molecule has 0 unspecified atom stereocenters. The molecule has 1 rings (SSSR count). The van der Waals surface area contributed by atoms with Crippen LogP contribution in [0.2, 0.25) is 0 Å². The van der Waals surface area contributed by atoms with Crippen molar-refractivity contribution in [2.75, 3.05) is 13.7 Å². The Hall–Kier alpha value is -2.30. The summed E-state index contributed by atoms with van der Waals surface area (Å²) in [5.41, 5.74) is 0.680. The van der Waals surface area contributed by atoms with Crippen LogP contribution in [0.1, 0.15) is 38.2 Å². The minimum Gasteiger partial charge on any atom is -0.493 e. The zero-order valence-electron chi connectivity index (χ0n) is 13.0. The van der Waals surface area contributed by atoms with E-state index < -0.39 is 11.8 Å². The van der Waals surface area contributed by atoms with Crippen molar-refractivity contribution in [3.63, 3.8) is 0 Å². The zero-order chi connectivity index (χ0) is 16.4. The van der Waals surface area contributed by atoms with Gasteiger partial charge in [-0.05, 0) is 30.2 Å². The first-order valence-electron chi connectivity index (χ1n) is 7.34. The van der Waals surface area contributed by atoms with Gasteiger partial charge in [-0.15, -0.1) is 0 Å². The molecule has 5 heteroatoms. The Bertz CT molecular complexity index is 534. The number of unbranched alkanes of at least 4 members (excludes halogenated alkanes) is 3. The van der Waals surface area contributed by atoms with Gasteiger partial charge in [0, 0.05) is 0 Å². The van der Waals surface area contributed by atoms with Crippen LogP contribution in [0.5, 0.6) is 11.5 Å². The van der Waals surface area contributed by atoms with Crippen molar-refractivity contribution in [2.24, 2.45) is 0 Å². The number of benzene rings is 1. The molecule has 0 bridgehead atoms. The summed E-state index contributed by atoms with van der Waals surface area (Å²) in [6.07, 6.45) is 6.90. The molecular weight excluding hydrogens is 284 g/mol. The van der Waals surface area contributed by atoms with Crippen molar-refractivity contribution in [1.29, 1.82) is 0 Å². The maximum absolute atomic E-state index is 11.1. The van der Waals surface area contributed by atoms with Gasteiger partial charge >= 0.3 is 5.97 Å². The van der Waals surface area contributed by atoms with Crippen LogP contribution in [0.15, 0.2) is 24.3 Å². The van der Waals surface area contributed by atoms with Crippen molar-refractivity contribution in [3.8, 4) is 11.5 Å². The number of ether oxygens (including phenoxy) is 2. The molecule has 0 fully saturated rings. The van der Waals surface area contributed by atoms with Gasteiger partial charge in [0.2, 0.25) is 0 Å². The smallest absolute Gasteiger partial charge is 0.376 e. The first kappa shape index (κ1) is 17.8. The van der Waals surface area contributed by atoms with E-state index in [0.717, 1.165) is 18.9 Å². The van der Waals surface area contributed by atoms with Crippen LogP contribution in [0, 0.1) is 0 Å². The predicted octanol–water partition coefficient (Wildman–Crippen LogP) is 3.32. The van der Waals surface area contributed by atoms with Crippen LogP contribution in [-0.2, 0) is 9.59 Å². The number of aliphatic carboxylic acids is 1. The summed E-state index contributed by atoms with van der Waals surface area (Å²) >= 11 is 0. The molecule has 0 radical (unpaired) electrons. The first-order chi connectivity index (χ1) is 10.6. The second-order valence-electron chi connectivity index (χ2n) is 4.82. The molecule has 1 aromatic carbocycles. The number of methoxy groups -OCH3 is 1. The lowest BCUT2D eigenvalue weighted by Gasteiger charge is -2.11. The van der Waals surface area contributed by atoms with E-state index in [1.54, 1.807) is 25.3 Å². The lowest BCUT2D eigenvalue weighted by molar-refractivity contribution is -0.146. The fraction of sp³-hybridized carbons (Fsp3) is 0.412. The molecule has 0 aliphatic carbocycles. The molecule has 0 spiro atoms. The monoisotopic (exact) mass is 306 g/mol. The number of carboxylic acid groups (broad SMARTS) is 1. The average Bonchev–Trinajstić information content (AvgIpc) is 2.52. The second kappa shape index (κ2) is 9.60. The fourth-order valence-electron chi connectivity index (χ4n) is 1.86. The Kier molecular flexibility index (Phi) is 7.75. The highest BCUT2D eigenvalue weighted by Gasteiger charge is 2.07. The normalized spacial score (nSPS) is 10.6. The van der Waals surface area contributed by atoms with Crippen LogP contribution in [0.3, 0.4) is 0 Å². The molecule has 0 amide bonds. The van der Waals surface area contributed by atoms with E-state index in [0.29, 0.717) is 23.7 Å². The van der Waals surface area contributed by atoms with Crippen molar-refractivity contribution >= 4 is 17.8 Å². The largest absolute Gasteiger partial charge is 0.493 e. The highest BCUT2D eigenvalue weighted by molar-refractivity contribution is 6.38. The maximum atomic E-state index is 11.1. The third-order valence-electron chi connectivity index (χ3n) is 3.08. The van der Waals surface area contributed by atoms with Crippen molar-refractivity contribution in [1.82, 2.24) is 0 Å². The lowest BCUT2D eigenvalue weighted by atomic mass is 10.1. The molecule has 0 heterocycles. The maximum Gasteiger partial charge on any atom is 0.376 e. The molecule has 120 valence electrons. The average molecular weight is 306 g/mol. The van der Waals surface area contributed by atoms with Gasteiger partial charge in [0.25, 0.3) is 5.78 Å². The fourth-order valence-corrected chi connectivity index (χ4v) is 1.86. The molecule has 22 heavy (non-hydrogen) atoms. The second-order valence-corrected chi connectivity index (χ2v) is 4.82. The summed E-state index contributed by atoms with van der Waals surface area (Å²) in [4.78, 5) is 21.5. The van der Waals surface area contributed by atoms with E-state index in [1.165, 1.54) is 18.9 Å². The van der Waals surface area contributed by atoms with Crippen LogP contribution in [0.25, 0.3) is 6.08 Å². The van der Waals surface area contributed by atoms with Gasteiger partial charge in [-0.3, -0.25) is 4.79 Å². The van der Waals surface area contributed by atoms with Gasteiger partial charge < -0.3 is 14.6 Å². The van der Waals surface area contributed by atoms with Crippen molar-refractivity contribution in [2.45, 2.75) is 32.6 Å². The molecule has 0 atom stereocenters. The van der Waals surface area contributed by atoms with Gasteiger partial charge in [0.15, 0.2) is 11.5 Å². The number of carboxylic acids is 1. The Morgan fingerprint density at radius 1 is 1.18 bits per heavy atom. The minimum atomic E-state index is -1.47. The Morgan fingerprint density at radius 2 is 1.95 bits per heavy atom. The highest BCUT2D eigenvalue weighted by atomic mass is 16.5. The summed E-state index contributed by atoms with van der Waals surface area (Å²) in [6.45, 7) is 2.75. The number of hydrogen-bond acceptors (Lipinski definition) is 4. The van der Waals surface area contributed by atoms with Crippen molar-refractivity contribution in [3.05, 3.63) is 29.8 Å². The molecule has 0 aromatic heterocycles. The number of hydrogen-bond donors (Lipinski definition) is 1. The van der Waals surface area contributed by atoms with Gasteiger partial charge in [-0.1, -0.05) is 38.3 Å². The Morgan fingerprint density at radius 3 is 2.59 bits per heavy atom. The van der Waals surface area contributed by atoms with Crippen LogP contribution in [0.4, 0.5) is 0 Å². The van der Waals surface area contributed by atoms with Crippen molar-refractivity contribution < 1.29 is 24.2 Å². The zero-order valence-corrected chi connectivity index (χ0v) is 13.0.